The molecule has 15 heteroatoms. The zero-order chi connectivity index (χ0) is 42.6. The third-order valence-electron chi connectivity index (χ3n) is 11.5. The summed E-state index contributed by atoms with van der Waals surface area (Å²) in [7, 11) is -2.94. The molecule has 0 radical (unpaired) electrons. The smallest absolute Gasteiger partial charge is 0.338 e. The van der Waals surface area contributed by atoms with Crippen molar-refractivity contribution in [2.75, 3.05) is 13.2 Å². The Morgan fingerprint density at radius 1 is 0.750 bits per heavy atom. The van der Waals surface area contributed by atoms with E-state index in [-0.39, 0.29) is 30.6 Å². The van der Waals surface area contributed by atoms with Crippen molar-refractivity contribution in [3.63, 3.8) is 0 Å². The molecule has 60 heavy (non-hydrogen) atoms. The number of aryl methyl sites for hydroxylation is 2. The number of hydrogen-bond donors (Lipinski definition) is 2. The van der Waals surface area contributed by atoms with E-state index in [1.807, 2.05) is 36.4 Å². The minimum absolute atomic E-state index is 0.0809. The van der Waals surface area contributed by atoms with Crippen LogP contribution in [0.25, 0.3) is 0 Å². The molecule has 2 aromatic heterocycles. The van der Waals surface area contributed by atoms with Crippen LogP contribution in [0.3, 0.4) is 0 Å². The highest BCUT2D eigenvalue weighted by Gasteiger charge is 2.51. The van der Waals surface area contributed by atoms with Gasteiger partial charge >= 0.3 is 17.3 Å². The number of aromatic nitrogens is 4. The maximum absolute atomic E-state index is 13.2. The van der Waals surface area contributed by atoms with E-state index >= 15 is 0 Å². The van der Waals surface area contributed by atoms with Crippen LogP contribution in [-0.2, 0) is 23.4 Å². The van der Waals surface area contributed by atoms with Crippen LogP contribution in [0.4, 0.5) is 0 Å². The molecular formula is C45H52N4O10Si. The van der Waals surface area contributed by atoms with Gasteiger partial charge in [0.1, 0.15) is 12.5 Å². The molecule has 5 aromatic rings. The molecule has 2 saturated heterocycles. The summed E-state index contributed by atoms with van der Waals surface area (Å²) in [6, 6.07) is 29.2. The number of nitrogens with zero attached hydrogens (tertiary/aromatic N) is 2. The number of aromatic amines is 2. The van der Waals surface area contributed by atoms with Crippen LogP contribution in [0, 0.1) is 19.8 Å². The van der Waals surface area contributed by atoms with Gasteiger partial charge in [-0.25, -0.2) is 14.4 Å². The lowest BCUT2D eigenvalue weighted by atomic mass is 9.95. The lowest BCUT2D eigenvalue weighted by molar-refractivity contribution is -0.178. The van der Waals surface area contributed by atoms with Crippen LogP contribution in [0.2, 0.25) is 5.04 Å². The van der Waals surface area contributed by atoms with Crippen LogP contribution < -0.4 is 32.9 Å². The van der Waals surface area contributed by atoms with Crippen molar-refractivity contribution < 1.29 is 28.2 Å². The molecule has 2 aliphatic heterocycles. The van der Waals surface area contributed by atoms with E-state index in [0.29, 0.717) is 36.0 Å². The van der Waals surface area contributed by atoms with Crippen molar-refractivity contribution in [1.82, 2.24) is 19.1 Å². The minimum atomic E-state index is -2.94. The first-order valence-corrected chi connectivity index (χ1v) is 22.2. The van der Waals surface area contributed by atoms with Gasteiger partial charge in [-0.2, -0.15) is 0 Å². The summed E-state index contributed by atoms with van der Waals surface area (Å²) in [4.78, 5) is 68.2. The monoisotopic (exact) mass is 836 g/mol. The topological polar surface area (TPSA) is 173 Å². The number of esters is 1. The molecule has 0 aliphatic carbocycles. The van der Waals surface area contributed by atoms with Crippen LogP contribution in [-0.4, -0.2) is 65.1 Å². The van der Waals surface area contributed by atoms with Crippen molar-refractivity contribution >= 4 is 24.7 Å². The van der Waals surface area contributed by atoms with Crippen molar-refractivity contribution in [3.05, 3.63) is 162 Å². The molecule has 0 amide bonds. The van der Waals surface area contributed by atoms with Gasteiger partial charge in [0.05, 0.1) is 18.3 Å². The molecule has 0 saturated carbocycles. The van der Waals surface area contributed by atoms with Gasteiger partial charge in [0.25, 0.3) is 19.4 Å². The Morgan fingerprint density at radius 3 is 1.80 bits per heavy atom. The zero-order valence-electron chi connectivity index (χ0n) is 34.5. The molecule has 0 unspecified atom stereocenters. The summed E-state index contributed by atoms with van der Waals surface area (Å²) < 4.78 is 35.1. The largest absolute Gasteiger partial charge is 0.453 e. The van der Waals surface area contributed by atoms with Gasteiger partial charge in [0, 0.05) is 36.5 Å². The second kappa shape index (κ2) is 18.0. The van der Waals surface area contributed by atoms with E-state index < -0.39 is 67.7 Å². The molecule has 2 N–H and O–H groups in total. The third kappa shape index (κ3) is 9.00. The SMILES string of the molecule is Cc1cn([C@H]2C[C@H](OC(=O)c3ccccc3)[C@@H](OCCC[C@H]3C[C@H](n4cc(C)c(=O)[nH]c4=O)O[C@@H]3CO[Si](c3ccccc3)(c3ccccc3)C(C)(C)C)O2)c(=O)[nH]c1=O. The quantitative estimate of drug-likeness (QED) is 0.0925. The molecular weight excluding hydrogens is 785 g/mol. The molecule has 2 aliphatic rings. The number of carbonyl (C=O) groups excluding carboxylic acids is 1. The predicted octanol–water partition coefficient (Wildman–Crippen LogP) is 4.45. The lowest BCUT2D eigenvalue weighted by Crippen LogP contribution is -2.67. The van der Waals surface area contributed by atoms with E-state index in [9.17, 15) is 24.0 Å². The molecule has 7 rings (SSSR count). The summed E-state index contributed by atoms with van der Waals surface area (Å²) in [6.45, 7) is 10.3. The predicted molar refractivity (Wildman–Crippen MR) is 227 cm³/mol. The van der Waals surface area contributed by atoms with Gasteiger partial charge in [0.2, 0.25) is 0 Å². The summed E-state index contributed by atoms with van der Waals surface area (Å²) >= 11 is 0. The fourth-order valence-electron chi connectivity index (χ4n) is 8.37. The highest BCUT2D eigenvalue weighted by Crippen LogP contribution is 2.40. The van der Waals surface area contributed by atoms with Gasteiger partial charge in [0.15, 0.2) is 12.4 Å². The third-order valence-corrected chi connectivity index (χ3v) is 16.5. The van der Waals surface area contributed by atoms with Crippen molar-refractivity contribution in [1.29, 1.82) is 0 Å². The molecule has 6 atom stereocenters. The number of hydrogen-bond acceptors (Lipinski definition) is 10. The molecule has 0 bridgehead atoms. The summed E-state index contributed by atoms with van der Waals surface area (Å²) in [6.07, 6.45) is 0.915. The fraction of sp³-hybridized carbons (Fsp3) is 0.400. The summed E-state index contributed by atoms with van der Waals surface area (Å²) in [5, 5.41) is 1.99. The van der Waals surface area contributed by atoms with Crippen LogP contribution in [0.1, 0.15) is 80.4 Å². The molecule has 2 fully saturated rings. The van der Waals surface area contributed by atoms with Crippen molar-refractivity contribution in [2.24, 2.45) is 5.92 Å². The first-order chi connectivity index (χ1) is 28.7. The maximum Gasteiger partial charge on any atom is 0.338 e. The van der Waals surface area contributed by atoms with E-state index in [1.54, 1.807) is 44.2 Å². The Balaban J connectivity index is 1.11. The first-order valence-electron chi connectivity index (χ1n) is 20.3. The molecule has 0 spiro atoms. The number of benzene rings is 3. The number of nitrogens with one attached hydrogen (secondary N) is 2. The highest BCUT2D eigenvalue weighted by molar-refractivity contribution is 6.99. The van der Waals surface area contributed by atoms with E-state index in [2.05, 4.69) is 55.0 Å². The summed E-state index contributed by atoms with van der Waals surface area (Å²) in [5.74, 6) is -0.642. The van der Waals surface area contributed by atoms with E-state index in [0.717, 1.165) is 10.4 Å². The molecule has 4 heterocycles. The molecule has 3 aromatic carbocycles. The average Bonchev–Trinajstić information content (AvgIpc) is 3.83. The molecule has 316 valence electrons. The maximum atomic E-state index is 13.2. The van der Waals surface area contributed by atoms with Gasteiger partial charge in [-0.05, 0) is 66.6 Å². The summed E-state index contributed by atoms with van der Waals surface area (Å²) in [5.41, 5.74) is -1.06. The average molecular weight is 837 g/mol. The van der Waals surface area contributed by atoms with Crippen LogP contribution in [0.5, 0.6) is 0 Å². The number of carbonyl (C=O) groups is 1. The van der Waals surface area contributed by atoms with Gasteiger partial charge in [-0.3, -0.25) is 28.7 Å². The fourth-order valence-corrected chi connectivity index (χ4v) is 12.9. The van der Waals surface area contributed by atoms with E-state index in [4.69, 9.17) is 23.4 Å². The van der Waals surface area contributed by atoms with Gasteiger partial charge < -0.3 is 23.4 Å². The van der Waals surface area contributed by atoms with Crippen molar-refractivity contribution in [2.45, 2.75) is 96.3 Å². The normalized spacial score (nSPS) is 21.9. The second-order valence-electron chi connectivity index (χ2n) is 16.6. The van der Waals surface area contributed by atoms with Gasteiger partial charge in [-0.1, -0.05) is 99.6 Å². The van der Waals surface area contributed by atoms with Crippen molar-refractivity contribution in [3.8, 4) is 0 Å². The van der Waals surface area contributed by atoms with Gasteiger partial charge in [-0.15, -0.1) is 0 Å². The Labute approximate surface area is 348 Å². The molecule has 14 nitrogen and oxygen atoms in total. The Bertz CT molecular complexity index is 2460. The lowest BCUT2D eigenvalue weighted by Gasteiger charge is -2.43. The Kier molecular flexibility index (Phi) is 12.8. The Hall–Kier alpha value is -5.45. The number of rotatable bonds is 14. The Morgan fingerprint density at radius 2 is 1.27 bits per heavy atom. The van der Waals surface area contributed by atoms with Crippen LogP contribution in [0.15, 0.2) is 123 Å². The minimum Gasteiger partial charge on any atom is -0.453 e. The number of ether oxygens (including phenoxy) is 4. The van der Waals surface area contributed by atoms with Crippen LogP contribution >= 0.6 is 0 Å². The highest BCUT2D eigenvalue weighted by atomic mass is 28.4. The number of H-pyrrole nitrogens is 2. The van der Waals surface area contributed by atoms with E-state index in [1.165, 1.54) is 21.5 Å². The standard InChI is InChI=1S/C45H52N4O10Si/c1-29-26-48(43(53)46-39(29)50)37-24-32(36(57-37)28-56-60(45(3,4)5,33-19-11-7-12-20-33)34-21-13-8-14-22-34)18-15-23-55-42-35(58-41(52)31-16-9-6-10-17-31)25-38(59-42)49-27-30(2)40(51)47-44(49)54/h6-14,16-17,19-22,26-27,32,35-38,42H,15,18,23-25,28H2,1-5H3,(H,46,50,53)(H,47,51,54)/t32-,35-,36+,37+,38+,42-/m0/s1. The first kappa shape index (κ1) is 42.7. The zero-order valence-corrected chi connectivity index (χ0v) is 35.5. The second-order valence-corrected chi connectivity index (χ2v) is 20.9.